The molecule has 102 valence electrons. The Kier molecular flexibility index (Phi) is 3.88. The third-order valence-corrected chi connectivity index (χ3v) is 3.62. The van der Waals surface area contributed by atoms with Crippen molar-refractivity contribution in [2.45, 2.75) is 32.6 Å². The van der Waals surface area contributed by atoms with Gasteiger partial charge in [0.15, 0.2) is 0 Å². The number of hydrogen-bond donors (Lipinski definition) is 1. The van der Waals surface area contributed by atoms with Crippen molar-refractivity contribution in [2.24, 2.45) is 7.05 Å². The second-order valence-corrected chi connectivity index (χ2v) is 4.79. The van der Waals surface area contributed by atoms with Gasteiger partial charge in [0.2, 0.25) is 0 Å². The minimum Gasteiger partial charge on any atom is -0.383 e. The second-order valence-electron chi connectivity index (χ2n) is 4.79. The van der Waals surface area contributed by atoms with E-state index in [1.807, 2.05) is 7.05 Å². The SMILES string of the molecule is CCC(CC)c1nn(C)c(N)c1-c1ccc(F)cc1. The van der Waals surface area contributed by atoms with Crippen molar-refractivity contribution in [3.63, 3.8) is 0 Å². The third-order valence-electron chi connectivity index (χ3n) is 3.62. The maximum absolute atomic E-state index is 13.0. The van der Waals surface area contributed by atoms with Crippen LogP contribution in [0.15, 0.2) is 24.3 Å². The van der Waals surface area contributed by atoms with Gasteiger partial charge in [0.1, 0.15) is 11.6 Å². The summed E-state index contributed by atoms with van der Waals surface area (Å²) in [6, 6.07) is 6.43. The molecule has 2 rings (SSSR count). The highest BCUT2D eigenvalue weighted by Crippen LogP contribution is 2.36. The summed E-state index contributed by atoms with van der Waals surface area (Å²) in [5, 5.41) is 4.55. The van der Waals surface area contributed by atoms with Crippen LogP contribution in [0.2, 0.25) is 0 Å². The number of rotatable bonds is 4. The van der Waals surface area contributed by atoms with Crippen molar-refractivity contribution < 1.29 is 4.39 Å². The summed E-state index contributed by atoms with van der Waals surface area (Å²) >= 11 is 0. The van der Waals surface area contributed by atoms with Gasteiger partial charge in [-0.15, -0.1) is 0 Å². The molecule has 3 nitrogen and oxygen atoms in total. The highest BCUT2D eigenvalue weighted by molar-refractivity contribution is 5.77. The fraction of sp³-hybridized carbons (Fsp3) is 0.400. The van der Waals surface area contributed by atoms with Crippen LogP contribution >= 0.6 is 0 Å². The Morgan fingerprint density at radius 2 is 1.79 bits per heavy atom. The summed E-state index contributed by atoms with van der Waals surface area (Å²) in [5.41, 5.74) is 9.00. The first-order valence-corrected chi connectivity index (χ1v) is 6.66. The van der Waals surface area contributed by atoms with Crippen molar-refractivity contribution in [3.8, 4) is 11.1 Å². The second kappa shape index (κ2) is 5.43. The standard InChI is InChI=1S/C15H20FN3/c1-4-10(5-2)14-13(15(17)19(3)18-14)11-6-8-12(16)9-7-11/h6-10H,4-5,17H2,1-3H3. The third kappa shape index (κ3) is 2.48. The van der Waals surface area contributed by atoms with Crippen LogP contribution < -0.4 is 5.73 Å². The lowest BCUT2D eigenvalue weighted by Crippen LogP contribution is -1.99. The van der Waals surface area contributed by atoms with Crippen molar-refractivity contribution in [2.75, 3.05) is 5.73 Å². The van der Waals surface area contributed by atoms with Crippen molar-refractivity contribution in [3.05, 3.63) is 35.8 Å². The average Bonchev–Trinajstić information content (AvgIpc) is 2.69. The van der Waals surface area contributed by atoms with Gasteiger partial charge in [-0.25, -0.2) is 4.39 Å². The van der Waals surface area contributed by atoms with Crippen LogP contribution in [0, 0.1) is 5.82 Å². The number of hydrogen-bond acceptors (Lipinski definition) is 2. The summed E-state index contributed by atoms with van der Waals surface area (Å²) in [6.45, 7) is 4.29. The molecular formula is C15H20FN3. The molecule has 1 aromatic heterocycles. The normalized spacial score (nSPS) is 11.2. The molecule has 2 N–H and O–H groups in total. The molecule has 0 bridgehead atoms. The van der Waals surface area contributed by atoms with Gasteiger partial charge in [0, 0.05) is 18.5 Å². The van der Waals surface area contributed by atoms with Crippen LogP contribution in [0.1, 0.15) is 38.3 Å². The van der Waals surface area contributed by atoms with Gasteiger partial charge < -0.3 is 5.73 Å². The zero-order valence-electron chi connectivity index (χ0n) is 11.7. The molecule has 0 aliphatic rings. The molecule has 4 heteroatoms. The molecule has 0 saturated carbocycles. The van der Waals surface area contributed by atoms with E-state index in [9.17, 15) is 4.39 Å². The van der Waals surface area contributed by atoms with Crippen molar-refractivity contribution in [1.29, 1.82) is 0 Å². The van der Waals surface area contributed by atoms with E-state index in [-0.39, 0.29) is 5.82 Å². The number of anilines is 1. The summed E-state index contributed by atoms with van der Waals surface area (Å²) in [7, 11) is 1.84. The number of nitrogens with two attached hydrogens (primary N) is 1. The van der Waals surface area contributed by atoms with Crippen LogP contribution in [-0.4, -0.2) is 9.78 Å². The molecule has 0 aliphatic carbocycles. The Morgan fingerprint density at radius 1 is 1.21 bits per heavy atom. The van der Waals surface area contributed by atoms with Gasteiger partial charge >= 0.3 is 0 Å². The number of benzene rings is 1. The predicted molar refractivity (Wildman–Crippen MR) is 76.3 cm³/mol. The van der Waals surface area contributed by atoms with Crippen molar-refractivity contribution >= 4 is 5.82 Å². The van der Waals surface area contributed by atoms with E-state index in [2.05, 4.69) is 18.9 Å². The van der Waals surface area contributed by atoms with Crippen LogP contribution in [0.4, 0.5) is 10.2 Å². The molecule has 0 unspecified atom stereocenters. The molecule has 0 radical (unpaired) electrons. The molecule has 0 saturated heterocycles. The van der Waals surface area contributed by atoms with E-state index in [0.717, 1.165) is 29.7 Å². The highest BCUT2D eigenvalue weighted by Gasteiger charge is 2.21. The van der Waals surface area contributed by atoms with E-state index < -0.39 is 0 Å². The van der Waals surface area contributed by atoms with Crippen LogP contribution in [-0.2, 0) is 7.05 Å². The summed E-state index contributed by atoms with van der Waals surface area (Å²) < 4.78 is 14.7. The Labute approximate surface area is 113 Å². The first kappa shape index (κ1) is 13.6. The van der Waals surface area contributed by atoms with E-state index >= 15 is 0 Å². The summed E-state index contributed by atoms with van der Waals surface area (Å²) in [5.74, 6) is 0.771. The van der Waals surface area contributed by atoms with E-state index in [1.54, 1.807) is 16.8 Å². The number of aryl methyl sites for hydroxylation is 1. The lowest BCUT2D eigenvalue weighted by Gasteiger charge is -2.12. The van der Waals surface area contributed by atoms with Gasteiger partial charge in [-0.05, 0) is 30.5 Å². The van der Waals surface area contributed by atoms with E-state index in [1.165, 1.54) is 12.1 Å². The molecule has 0 fully saturated rings. The molecular weight excluding hydrogens is 241 g/mol. The van der Waals surface area contributed by atoms with Crippen molar-refractivity contribution in [1.82, 2.24) is 9.78 Å². The zero-order valence-corrected chi connectivity index (χ0v) is 11.7. The van der Waals surface area contributed by atoms with Gasteiger partial charge in [-0.2, -0.15) is 5.10 Å². The molecule has 0 aliphatic heterocycles. The Morgan fingerprint density at radius 3 is 2.32 bits per heavy atom. The lowest BCUT2D eigenvalue weighted by molar-refractivity contribution is 0.605. The van der Waals surface area contributed by atoms with E-state index in [4.69, 9.17) is 5.73 Å². The number of halogens is 1. The topological polar surface area (TPSA) is 43.8 Å². The maximum atomic E-state index is 13.0. The number of nitrogen functional groups attached to an aromatic ring is 1. The maximum Gasteiger partial charge on any atom is 0.129 e. The largest absolute Gasteiger partial charge is 0.383 e. The van der Waals surface area contributed by atoms with Gasteiger partial charge in [-0.1, -0.05) is 26.0 Å². The first-order valence-electron chi connectivity index (χ1n) is 6.66. The molecule has 0 atom stereocenters. The smallest absolute Gasteiger partial charge is 0.129 e. The van der Waals surface area contributed by atoms with Crippen LogP contribution in [0.5, 0.6) is 0 Å². The Hall–Kier alpha value is -1.84. The quantitative estimate of drug-likeness (QED) is 0.911. The monoisotopic (exact) mass is 261 g/mol. The summed E-state index contributed by atoms with van der Waals surface area (Å²) in [4.78, 5) is 0. The molecule has 19 heavy (non-hydrogen) atoms. The minimum atomic E-state index is -0.240. The van der Waals surface area contributed by atoms with Gasteiger partial charge in [0.25, 0.3) is 0 Å². The Bertz CT molecular complexity index is 554. The first-order chi connectivity index (χ1) is 9.08. The number of aromatic nitrogens is 2. The van der Waals surface area contributed by atoms with Crippen LogP contribution in [0.3, 0.4) is 0 Å². The molecule has 0 spiro atoms. The summed E-state index contributed by atoms with van der Waals surface area (Å²) in [6.07, 6.45) is 2.03. The fourth-order valence-corrected chi connectivity index (χ4v) is 2.43. The molecule has 2 aromatic rings. The van der Waals surface area contributed by atoms with E-state index in [0.29, 0.717) is 11.7 Å². The molecule has 1 heterocycles. The predicted octanol–water partition coefficient (Wildman–Crippen LogP) is 3.71. The highest BCUT2D eigenvalue weighted by atomic mass is 19.1. The number of nitrogens with zero attached hydrogens (tertiary/aromatic N) is 2. The average molecular weight is 261 g/mol. The fourth-order valence-electron chi connectivity index (χ4n) is 2.43. The minimum absolute atomic E-state index is 0.240. The molecule has 1 aromatic carbocycles. The van der Waals surface area contributed by atoms with Gasteiger partial charge in [0.05, 0.1) is 5.69 Å². The van der Waals surface area contributed by atoms with Gasteiger partial charge in [-0.3, -0.25) is 4.68 Å². The molecule has 0 amide bonds. The van der Waals surface area contributed by atoms with Crippen LogP contribution in [0.25, 0.3) is 11.1 Å². The Balaban J connectivity index is 2.57. The lowest BCUT2D eigenvalue weighted by atomic mass is 9.93. The zero-order chi connectivity index (χ0) is 14.0.